The zero-order chi connectivity index (χ0) is 9.84. The van der Waals surface area contributed by atoms with Crippen molar-refractivity contribution in [2.24, 2.45) is 0 Å². The van der Waals surface area contributed by atoms with E-state index in [9.17, 15) is 0 Å². The van der Waals surface area contributed by atoms with Crippen LogP contribution in [0.4, 0.5) is 0 Å². The Bertz CT molecular complexity index is 221. The van der Waals surface area contributed by atoms with Gasteiger partial charge in [-0.05, 0) is 27.7 Å². The molecule has 2 nitrogen and oxygen atoms in total. The molecule has 0 fully saturated rings. The molecule has 0 atom stereocenters. The molecule has 0 aliphatic rings. The van der Waals surface area contributed by atoms with E-state index in [4.69, 9.17) is 0 Å². The Balaban J connectivity index is 2.58. The predicted molar refractivity (Wildman–Crippen MR) is 57.9 cm³/mol. The highest BCUT2D eigenvalue weighted by Crippen LogP contribution is 2.13. The molecule has 0 amide bonds. The van der Waals surface area contributed by atoms with Gasteiger partial charge in [-0.25, -0.2) is 4.98 Å². The Morgan fingerprint density at radius 1 is 1.31 bits per heavy atom. The van der Waals surface area contributed by atoms with Gasteiger partial charge in [-0.1, -0.05) is 0 Å². The first-order valence-corrected chi connectivity index (χ1v) is 5.63. The Labute approximate surface area is 84.6 Å². The molecule has 0 aromatic carbocycles. The smallest absolute Gasteiger partial charge is 0.107 e. The van der Waals surface area contributed by atoms with E-state index in [1.165, 1.54) is 5.01 Å². The van der Waals surface area contributed by atoms with Crippen molar-refractivity contribution in [3.8, 4) is 0 Å². The molecule has 0 radical (unpaired) electrons. The van der Waals surface area contributed by atoms with Crippen molar-refractivity contribution in [3.05, 3.63) is 16.6 Å². The molecule has 0 bridgehead atoms. The van der Waals surface area contributed by atoms with Crippen molar-refractivity contribution >= 4 is 11.3 Å². The van der Waals surface area contributed by atoms with E-state index in [-0.39, 0.29) is 0 Å². The largest absolute Gasteiger partial charge is 0.292 e. The Morgan fingerprint density at radius 3 is 2.31 bits per heavy atom. The van der Waals surface area contributed by atoms with Gasteiger partial charge in [0.1, 0.15) is 5.01 Å². The van der Waals surface area contributed by atoms with Crippen molar-refractivity contribution in [3.63, 3.8) is 0 Å². The molecule has 0 saturated carbocycles. The molecule has 0 saturated heterocycles. The van der Waals surface area contributed by atoms with E-state index >= 15 is 0 Å². The van der Waals surface area contributed by atoms with E-state index < -0.39 is 0 Å². The average molecular weight is 198 g/mol. The third-order valence-electron chi connectivity index (χ3n) is 2.13. The molecule has 0 N–H and O–H groups in total. The molecule has 3 heteroatoms. The van der Waals surface area contributed by atoms with Gasteiger partial charge in [0, 0.05) is 23.7 Å². The van der Waals surface area contributed by atoms with Gasteiger partial charge in [-0.2, -0.15) is 0 Å². The second kappa shape index (κ2) is 4.72. The second-order valence-electron chi connectivity index (χ2n) is 3.79. The van der Waals surface area contributed by atoms with E-state index in [0.717, 1.165) is 6.54 Å². The molecule has 0 aliphatic carbocycles. The van der Waals surface area contributed by atoms with Crippen LogP contribution in [0.1, 0.15) is 32.7 Å². The third kappa shape index (κ3) is 3.08. The average Bonchev–Trinajstić information content (AvgIpc) is 2.50. The molecule has 1 aromatic heterocycles. The second-order valence-corrected chi connectivity index (χ2v) is 4.76. The van der Waals surface area contributed by atoms with E-state index in [1.807, 2.05) is 11.6 Å². The normalized spacial score (nSPS) is 11.9. The summed E-state index contributed by atoms with van der Waals surface area (Å²) in [6.45, 7) is 9.90. The number of nitrogens with zero attached hydrogens (tertiary/aromatic N) is 2. The molecule has 1 rings (SSSR count). The summed E-state index contributed by atoms with van der Waals surface area (Å²) in [4.78, 5) is 6.74. The highest BCUT2D eigenvalue weighted by Gasteiger charge is 2.14. The van der Waals surface area contributed by atoms with Crippen molar-refractivity contribution in [2.75, 3.05) is 0 Å². The van der Waals surface area contributed by atoms with Crippen molar-refractivity contribution < 1.29 is 0 Å². The summed E-state index contributed by atoms with van der Waals surface area (Å²) in [5.41, 5.74) is 0. The van der Waals surface area contributed by atoms with Crippen molar-refractivity contribution in [1.29, 1.82) is 0 Å². The van der Waals surface area contributed by atoms with Crippen LogP contribution in [-0.2, 0) is 6.54 Å². The fourth-order valence-corrected chi connectivity index (χ4v) is 2.07. The zero-order valence-corrected chi connectivity index (χ0v) is 9.64. The summed E-state index contributed by atoms with van der Waals surface area (Å²) in [6, 6.07) is 1.17. The third-order valence-corrected chi connectivity index (χ3v) is 2.89. The van der Waals surface area contributed by atoms with Gasteiger partial charge in [-0.3, -0.25) is 4.90 Å². The summed E-state index contributed by atoms with van der Waals surface area (Å²) in [5, 5.41) is 3.25. The highest BCUT2D eigenvalue weighted by molar-refractivity contribution is 7.09. The molecule has 74 valence electrons. The maximum atomic E-state index is 4.30. The highest BCUT2D eigenvalue weighted by atomic mass is 32.1. The molecular weight excluding hydrogens is 180 g/mol. The van der Waals surface area contributed by atoms with Gasteiger partial charge in [0.15, 0.2) is 0 Å². The van der Waals surface area contributed by atoms with E-state index in [2.05, 4.69) is 37.6 Å². The van der Waals surface area contributed by atoms with Crippen LogP contribution in [0.15, 0.2) is 11.6 Å². The van der Waals surface area contributed by atoms with E-state index in [1.54, 1.807) is 11.3 Å². The number of hydrogen-bond donors (Lipinski definition) is 0. The molecular formula is C10H18N2S. The van der Waals surface area contributed by atoms with Crippen molar-refractivity contribution in [2.45, 2.75) is 46.3 Å². The lowest BCUT2D eigenvalue weighted by atomic mass is 10.2. The van der Waals surface area contributed by atoms with Crippen molar-refractivity contribution in [1.82, 2.24) is 9.88 Å². The van der Waals surface area contributed by atoms with Gasteiger partial charge in [0.05, 0.1) is 6.54 Å². The van der Waals surface area contributed by atoms with Crippen LogP contribution < -0.4 is 0 Å². The maximum Gasteiger partial charge on any atom is 0.107 e. The minimum atomic E-state index is 0.587. The minimum Gasteiger partial charge on any atom is -0.292 e. The van der Waals surface area contributed by atoms with Gasteiger partial charge < -0.3 is 0 Å². The number of hydrogen-bond acceptors (Lipinski definition) is 3. The lowest BCUT2D eigenvalue weighted by Crippen LogP contribution is -2.36. The summed E-state index contributed by atoms with van der Waals surface area (Å²) < 4.78 is 0. The summed E-state index contributed by atoms with van der Waals surface area (Å²) in [6.07, 6.45) is 1.87. The fraction of sp³-hybridized carbons (Fsp3) is 0.700. The fourth-order valence-electron chi connectivity index (χ4n) is 1.45. The topological polar surface area (TPSA) is 16.1 Å². The summed E-state index contributed by atoms with van der Waals surface area (Å²) in [5.74, 6) is 0. The SMILES string of the molecule is CC(C)N(Cc1nccs1)C(C)C. The summed E-state index contributed by atoms with van der Waals surface area (Å²) >= 11 is 1.73. The number of thiazole rings is 1. The number of aromatic nitrogens is 1. The van der Waals surface area contributed by atoms with E-state index in [0.29, 0.717) is 12.1 Å². The molecule has 0 aliphatic heterocycles. The van der Waals surface area contributed by atoms with Gasteiger partial charge in [-0.15, -0.1) is 11.3 Å². The van der Waals surface area contributed by atoms with Crippen LogP contribution in [0, 0.1) is 0 Å². The van der Waals surface area contributed by atoms with Crippen LogP contribution >= 0.6 is 11.3 Å². The van der Waals surface area contributed by atoms with Crippen LogP contribution in [0.3, 0.4) is 0 Å². The van der Waals surface area contributed by atoms with Crippen LogP contribution in [-0.4, -0.2) is 22.0 Å². The maximum absolute atomic E-state index is 4.30. The monoisotopic (exact) mass is 198 g/mol. The van der Waals surface area contributed by atoms with Crippen LogP contribution in [0.2, 0.25) is 0 Å². The Kier molecular flexibility index (Phi) is 3.88. The Hall–Kier alpha value is -0.410. The van der Waals surface area contributed by atoms with Gasteiger partial charge >= 0.3 is 0 Å². The molecule has 1 aromatic rings. The lowest BCUT2D eigenvalue weighted by Gasteiger charge is -2.29. The van der Waals surface area contributed by atoms with Crippen LogP contribution in [0.25, 0.3) is 0 Å². The molecule has 13 heavy (non-hydrogen) atoms. The molecule has 0 unspecified atom stereocenters. The molecule has 0 spiro atoms. The number of rotatable bonds is 4. The van der Waals surface area contributed by atoms with Gasteiger partial charge in [0.2, 0.25) is 0 Å². The lowest BCUT2D eigenvalue weighted by molar-refractivity contribution is 0.166. The summed E-state index contributed by atoms with van der Waals surface area (Å²) in [7, 11) is 0. The zero-order valence-electron chi connectivity index (χ0n) is 8.82. The van der Waals surface area contributed by atoms with Gasteiger partial charge in [0.25, 0.3) is 0 Å². The molecule has 1 heterocycles. The first-order valence-electron chi connectivity index (χ1n) is 4.75. The Morgan fingerprint density at radius 2 is 1.92 bits per heavy atom. The standard InChI is InChI=1S/C10H18N2S/c1-8(2)12(9(3)4)7-10-11-5-6-13-10/h5-6,8-9H,7H2,1-4H3. The van der Waals surface area contributed by atoms with Crippen LogP contribution in [0.5, 0.6) is 0 Å². The first-order chi connectivity index (χ1) is 6.11. The minimum absolute atomic E-state index is 0.587. The predicted octanol–water partition coefficient (Wildman–Crippen LogP) is 2.76. The quantitative estimate of drug-likeness (QED) is 0.739. The first kappa shape index (κ1) is 10.7.